The van der Waals surface area contributed by atoms with Gasteiger partial charge in [0.2, 0.25) is 0 Å². The molecule has 0 aliphatic carbocycles. The van der Waals surface area contributed by atoms with Crippen molar-refractivity contribution in [1.82, 2.24) is 4.90 Å². The van der Waals surface area contributed by atoms with E-state index in [9.17, 15) is 13.2 Å². The molecule has 4 rings (SSSR count). The Kier molecular flexibility index (Phi) is 5.63. The molecule has 154 valence electrons. The second-order valence-corrected chi connectivity index (χ2v) is 9.89. The number of carbonyl (C=O) groups excluding carboxylic acids is 1. The summed E-state index contributed by atoms with van der Waals surface area (Å²) < 4.78 is 28.4. The number of hydrogen-bond donors (Lipinski definition) is 0. The van der Waals surface area contributed by atoms with E-state index < -0.39 is 10.0 Å². The molecule has 0 aromatic heterocycles. The Morgan fingerprint density at radius 1 is 0.931 bits per heavy atom. The standard InChI is InChI=1S/C23H28N2O3S/c1-18-16-19-10-5-6-13-22(19)25(18)29(27,28)21-12-9-11-20(17-21)23(26)24-14-7-3-2-4-8-15-24/h5-6,9-13,17-18H,2-4,7-8,14-16H2,1H3. The van der Waals surface area contributed by atoms with Gasteiger partial charge in [-0.25, -0.2) is 8.42 Å². The number of nitrogens with zero attached hydrogens (tertiary/aromatic N) is 2. The highest BCUT2D eigenvalue weighted by Gasteiger charge is 2.36. The van der Waals surface area contributed by atoms with Crippen LogP contribution in [0.4, 0.5) is 5.69 Å². The highest BCUT2D eigenvalue weighted by molar-refractivity contribution is 7.92. The smallest absolute Gasteiger partial charge is 0.264 e. The molecule has 5 nitrogen and oxygen atoms in total. The van der Waals surface area contributed by atoms with Gasteiger partial charge in [-0.1, -0.05) is 43.5 Å². The van der Waals surface area contributed by atoms with Gasteiger partial charge in [-0.05, 0) is 56.0 Å². The molecule has 1 saturated heterocycles. The van der Waals surface area contributed by atoms with Crippen LogP contribution in [0, 0.1) is 0 Å². The van der Waals surface area contributed by atoms with E-state index in [-0.39, 0.29) is 16.8 Å². The van der Waals surface area contributed by atoms with Crippen LogP contribution in [-0.4, -0.2) is 38.4 Å². The van der Waals surface area contributed by atoms with Crippen LogP contribution in [0.5, 0.6) is 0 Å². The first-order chi connectivity index (χ1) is 14.0. The van der Waals surface area contributed by atoms with Crippen LogP contribution in [0.3, 0.4) is 0 Å². The molecule has 0 N–H and O–H groups in total. The summed E-state index contributed by atoms with van der Waals surface area (Å²) in [6.07, 6.45) is 6.22. The van der Waals surface area contributed by atoms with Crippen molar-refractivity contribution in [2.24, 2.45) is 0 Å². The molecule has 1 unspecified atom stereocenters. The molecular formula is C23H28N2O3S. The molecule has 2 aliphatic rings. The lowest BCUT2D eigenvalue weighted by Gasteiger charge is -2.26. The van der Waals surface area contributed by atoms with Gasteiger partial charge in [0.1, 0.15) is 0 Å². The monoisotopic (exact) mass is 412 g/mol. The first-order valence-corrected chi connectivity index (χ1v) is 11.9. The Balaban J connectivity index is 1.63. The van der Waals surface area contributed by atoms with Gasteiger partial charge in [0, 0.05) is 24.7 Å². The van der Waals surface area contributed by atoms with E-state index in [0.717, 1.165) is 50.0 Å². The fourth-order valence-electron chi connectivity index (χ4n) is 4.44. The van der Waals surface area contributed by atoms with Crippen LogP contribution in [0.25, 0.3) is 0 Å². The van der Waals surface area contributed by atoms with Gasteiger partial charge in [-0.3, -0.25) is 9.10 Å². The van der Waals surface area contributed by atoms with Gasteiger partial charge in [-0.15, -0.1) is 0 Å². The van der Waals surface area contributed by atoms with Crippen molar-refractivity contribution in [1.29, 1.82) is 0 Å². The minimum Gasteiger partial charge on any atom is -0.339 e. The number of sulfonamides is 1. The lowest BCUT2D eigenvalue weighted by Crippen LogP contribution is -2.36. The molecule has 6 heteroatoms. The van der Waals surface area contributed by atoms with E-state index in [1.807, 2.05) is 36.1 Å². The second kappa shape index (κ2) is 8.19. The molecule has 0 spiro atoms. The second-order valence-electron chi connectivity index (χ2n) is 8.07. The summed E-state index contributed by atoms with van der Waals surface area (Å²) in [5.74, 6) is -0.0705. The molecule has 1 amide bonds. The first-order valence-electron chi connectivity index (χ1n) is 10.5. The van der Waals surface area contributed by atoms with Crippen LogP contribution in [0.15, 0.2) is 53.4 Å². The minimum atomic E-state index is -3.74. The molecule has 2 heterocycles. The zero-order chi connectivity index (χ0) is 20.4. The van der Waals surface area contributed by atoms with Gasteiger partial charge in [-0.2, -0.15) is 0 Å². The highest BCUT2D eigenvalue weighted by atomic mass is 32.2. The van der Waals surface area contributed by atoms with Crippen molar-refractivity contribution in [2.75, 3.05) is 17.4 Å². The lowest BCUT2D eigenvalue weighted by molar-refractivity contribution is 0.0742. The SMILES string of the molecule is CC1Cc2ccccc2N1S(=O)(=O)c1cccc(C(=O)N2CCCCCCC2)c1. The molecular weight excluding hydrogens is 384 g/mol. The zero-order valence-corrected chi connectivity index (χ0v) is 17.7. The number of benzene rings is 2. The summed E-state index contributed by atoms with van der Waals surface area (Å²) in [5, 5.41) is 0. The number of para-hydroxylation sites is 1. The largest absolute Gasteiger partial charge is 0.339 e. The fourth-order valence-corrected chi connectivity index (χ4v) is 6.18. The topological polar surface area (TPSA) is 57.7 Å². The number of fused-ring (bicyclic) bond motifs is 1. The van der Waals surface area contributed by atoms with E-state index in [1.54, 1.807) is 24.3 Å². The molecule has 29 heavy (non-hydrogen) atoms. The molecule has 1 atom stereocenters. The van der Waals surface area contributed by atoms with Crippen LogP contribution in [0.2, 0.25) is 0 Å². The molecule has 0 saturated carbocycles. The predicted octanol–water partition coefficient (Wildman–Crippen LogP) is 4.23. The van der Waals surface area contributed by atoms with Crippen LogP contribution >= 0.6 is 0 Å². The van der Waals surface area contributed by atoms with Crippen molar-refractivity contribution >= 4 is 21.6 Å². The van der Waals surface area contributed by atoms with E-state index in [0.29, 0.717) is 12.0 Å². The third-order valence-electron chi connectivity index (χ3n) is 5.93. The molecule has 2 aliphatic heterocycles. The van der Waals surface area contributed by atoms with Crippen LogP contribution in [-0.2, 0) is 16.4 Å². The van der Waals surface area contributed by atoms with Gasteiger partial charge >= 0.3 is 0 Å². The quantitative estimate of drug-likeness (QED) is 0.758. The highest BCUT2D eigenvalue weighted by Crippen LogP contribution is 2.36. The summed E-state index contributed by atoms with van der Waals surface area (Å²) >= 11 is 0. The van der Waals surface area contributed by atoms with Gasteiger partial charge in [0.25, 0.3) is 15.9 Å². The van der Waals surface area contributed by atoms with E-state index in [2.05, 4.69) is 0 Å². The minimum absolute atomic E-state index is 0.0705. The Bertz CT molecular complexity index is 995. The average Bonchev–Trinajstić information content (AvgIpc) is 3.04. The maximum absolute atomic E-state index is 13.5. The van der Waals surface area contributed by atoms with Crippen LogP contribution < -0.4 is 4.31 Å². The Hall–Kier alpha value is -2.34. The van der Waals surface area contributed by atoms with E-state index in [1.165, 1.54) is 10.7 Å². The summed E-state index contributed by atoms with van der Waals surface area (Å²) in [5.41, 5.74) is 2.23. The van der Waals surface area contributed by atoms with E-state index >= 15 is 0 Å². The molecule has 0 radical (unpaired) electrons. The Morgan fingerprint density at radius 2 is 1.62 bits per heavy atom. The first kappa shape index (κ1) is 20.0. The molecule has 2 aromatic carbocycles. The van der Waals surface area contributed by atoms with Crippen molar-refractivity contribution in [3.8, 4) is 0 Å². The number of amides is 1. The summed E-state index contributed by atoms with van der Waals surface area (Å²) in [7, 11) is -3.74. The van der Waals surface area contributed by atoms with Crippen molar-refractivity contribution in [3.05, 3.63) is 59.7 Å². The summed E-state index contributed by atoms with van der Waals surface area (Å²) in [6.45, 7) is 3.41. The van der Waals surface area contributed by atoms with Crippen molar-refractivity contribution < 1.29 is 13.2 Å². The maximum Gasteiger partial charge on any atom is 0.264 e. The summed E-state index contributed by atoms with van der Waals surface area (Å²) in [6, 6.07) is 14.0. The number of likely N-dealkylation sites (tertiary alicyclic amines) is 1. The fraction of sp³-hybridized carbons (Fsp3) is 0.435. The Labute approximate surface area is 173 Å². The zero-order valence-electron chi connectivity index (χ0n) is 16.9. The molecule has 2 aromatic rings. The van der Waals surface area contributed by atoms with Crippen molar-refractivity contribution in [2.45, 2.75) is 56.4 Å². The van der Waals surface area contributed by atoms with Crippen LogP contribution in [0.1, 0.15) is 54.9 Å². The predicted molar refractivity (Wildman–Crippen MR) is 115 cm³/mol. The molecule has 1 fully saturated rings. The summed E-state index contributed by atoms with van der Waals surface area (Å²) in [4.78, 5) is 15.1. The number of anilines is 1. The number of hydrogen-bond acceptors (Lipinski definition) is 3. The normalized spacial score (nSPS) is 20.1. The number of rotatable bonds is 3. The lowest BCUT2D eigenvalue weighted by atomic mass is 10.1. The van der Waals surface area contributed by atoms with Crippen molar-refractivity contribution in [3.63, 3.8) is 0 Å². The van der Waals surface area contributed by atoms with Gasteiger partial charge in [0.15, 0.2) is 0 Å². The van der Waals surface area contributed by atoms with Gasteiger partial charge < -0.3 is 4.90 Å². The Morgan fingerprint density at radius 3 is 2.38 bits per heavy atom. The van der Waals surface area contributed by atoms with E-state index in [4.69, 9.17) is 0 Å². The average molecular weight is 413 g/mol. The third-order valence-corrected chi connectivity index (χ3v) is 7.85. The maximum atomic E-state index is 13.5. The third kappa shape index (κ3) is 3.90. The molecule has 0 bridgehead atoms. The van der Waals surface area contributed by atoms with Gasteiger partial charge in [0.05, 0.1) is 10.6 Å². The number of carbonyl (C=O) groups is 1.